The molecular formula is C28H25N3O2S. The maximum absolute atomic E-state index is 12.7. The average molecular weight is 468 g/mol. The molecule has 5 nitrogen and oxygen atoms in total. The van der Waals surface area contributed by atoms with Crippen molar-refractivity contribution in [3.63, 3.8) is 0 Å². The summed E-state index contributed by atoms with van der Waals surface area (Å²) in [6.45, 7) is 0.454. The first-order chi connectivity index (χ1) is 16.7. The van der Waals surface area contributed by atoms with Crippen LogP contribution in [0.5, 0.6) is 5.75 Å². The summed E-state index contributed by atoms with van der Waals surface area (Å²) in [6, 6.07) is 24.4. The fourth-order valence-corrected chi connectivity index (χ4v) is 5.09. The molecule has 1 atom stereocenters. The summed E-state index contributed by atoms with van der Waals surface area (Å²) < 4.78 is 5.39. The molecule has 1 unspecified atom stereocenters. The lowest BCUT2D eigenvalue weighted by Gasteiger charge is -2.15. The number of aromatic nitrogens is 1. The third kappa shape index (κ3) is 4.77. The highest BCUT2D eigenvalue weighted by Crippen LogP contribution is 2.32. The zero-order valence-corrected chi connectivity index (χ0v) is 19.6. The number of carbonyl (C=O) groups is 1. The van der Waals surface area contributed by atoms with Crippen LogP contribution in [0.3, 0.4) is 0 Å². The van der Waals surface area contributed by atoms with Gasteiger partial charge in [-0.3, -0.25) is 9.78 Å². The van der Waals surface area contributed by atoms with Crippen molar-refractivity contribution >= 4 is 34.1 Å². The first-order valence-corrected chi connectivity index (χ1v) is 12.1. The van der Waals surface area contributed by atoms with Gasteiger partial charge in [-0.15, -0.1) is 11.8 Å². The van der Waals surface area contributed by atoms with E-state index in [-0.39, 0.29) is 11.3 Å². The smallest absolute Gasteiger partial charge is 0.223 e. The monoisotopic (exact) mass is 467 g/mol. The Morgan fingerprint density at radius 2 is 1.88 bits per heavy atom. The Hall–Kier alpha value is -3.77. The van der Waals surface area contributed by atoms with Gasteiger partial charge in [0.2, 0.25) is 5.91 Å². The summed E-state index contributed by atoms with van der Waals surface area (Å²) in [7, 11) is 1.67. The number of nitrogens with zero attached hydrogens (tertiary/aromatic N) is 1. The normalized spacial score (nSPS) is 15.0. The molecule has 6 heteroatoms. The molecule has 2 heterocycles. The summed E-state index contributed by atoms with van der Waals surface area (Å²) >= 11 is 1.65. The summed E-state index contributed by atoms with van der Waals surface area (Å²) in [5, 5.41) is 10.8. The molecule has 1 amide bonds. The van der Waals surface area contributed by atoms with Crippen molar-refractivity contribution in [3.05, 3.63) is 102 Å². The number of rotatable bonds is 7. The van der Waals surface area contributed by atoms with Crippen LogP contribution in [0, 0.1) is 0 Å². The summed E-state index contributed by atoms with van der Waals surface area (Å²) in [4.78, 5) is 17.0. The van der Waals surface area contributed by atoms with Gasteiger partial charge in [0, 0.05) is 30.0 Å². The molecule has 0 radical (unpaired) electrons. The number of hydrogen-bond acceptors (Lipinski definition) is 5. The van der Waals surface area contributed by atoms with Crippen molar-refractivity contribution in [1.29, 1.82) is 0 Å². The van der Waals surface area contributed by atoms with Crippen molar-refractivity contribution in [2.24, 2.45) is 0 Å². The maximum atomic E-state index is 12.7. The molecule has 0 fully saturated rings. The molecule has 2 N–H and O–H groups in total. The number of hydrogen-bond donors (Lipinski definition) is 2. The van der Waals surface area contributed by atoms with Gasteiger partial charge in [-0.05, 0) is 51.2 Å². The minimum atomic E-state index is 0.0154. The van der Waals surface area contributed by atoms with E-state index >= 15 is 0 Å². The molecule has 4 aromatic rings. The number of benzene rings is 3. The van der Waals surface area contributed by atoms with Crippen LogP contribution in [0.1, 0.15) is 17.5 Å². The van der Waals surface area contributed by atoms with Crippen LogP contribution in [0.4, 0.5) is 0 Å². The van der Waals surface area contributed by atoms with Crippen LogP contribution in [0.15, 0.2) is 90.6 Å². The Bertz CT molecular complexity index is 1350. The topological polar surface area (TPSA) is 63.2 Å². The van der Waals surface area contributed by atoms with E-state index in [0.29, 0.717) is 13.0 Å². The zero-order chi connectivity index (χ0) is 23.3. The second-order valence-electron chi connectivity index (χ2n) is 8.07. The maximum Gasteiger partial charge on any atom is 0.223 e. The van der Waals surface area contributed by atoms with Gasteiger partial charge in [0.1, 0.15) is 5.75 Å². The van der Waals surface area contributed by atoms with Gasteiger partial charge in [0.15, 0.2) is 0 Å². The predicted octanol–water partition coefficient (Wildman–Crippen LogP) is 5.58. The van der Waals surface area contributed by atoms with Crippen molar-refractivity contribution in [1.82, 2.24) is 15.6 Å². The Morgan fingerprint density at radius 3 is 2.74 bits per heavy atom. The minimum Gasteiger partial charge on any atom is -0.497 e. The Morgan fingerprint density at radius 1 is 1.03 bits per heavy atom. The number of pyridine rings is 1. The highest BCUT2D eigenvalue weighted by molar-refractivity contribution is 8.03. The van der Waals surface area contributed by atoms with Crippen LogP contribution in [-0.4, -0.2) is 23.4 Å². The molecule has 170 valence electrons. The largest absolute Gasteiger partial charge is 0.497 e. The van der Waals surface area contributed by atoms with Gasteiger partial charge >= 0.3 is 0 Å². The number of nitrogens with one attached hydrogen (secondary N) is 2. The van der Waals surface area contributed by atoms with Crippen molar-refractivity contribution in [3.8, 4) is 16.9 Å². The van der Waals surface area contributed by atoms with Crippen LogP contribution in [0.2, 0.25) is 0 Å². The quantitative estimate of drug-likeness (QED) is 0.372. The fraction of sp³-hybridized carbons (Fsp3) is 0.143. The van der Waals surface area contributed by atoms with E-state index in [2.05, 4.69) is 51.4 Å². The minimum absolute atomic E-state index is 0.0154. The molecule has 0 saturated carbocycles. The summed E-state index contributed by atoms with van der Waals surface area (Å²) in [5.41, 5.74) is 5.43. The predicted molar refractivity (Wildman–Crippen MR) is 139 cm³/mol. The van der Waals surface area contributed by atoms with E-state index in [9.17, 15) is 4.79 Å². The number of ether oxygens (including phenoxy) is 1. The first kappa shape index (κ1) is 22.0. The van der Waals surface area contributed by atoms with E-state index in [1.54, 1.807) is 25.1 Å². The number of methoxy groups -OCH3 is 1. The SMILES string of the molecule is COc1cccc(-c2ccc(CNC(=O)CC3NC(c4ccccc4)=CS3)c3cnccc23)c1. The lowest BCUT2D eigenvalue weighted by Crippen LogP contribution is -2.30. The number of fused-ring (bicyclic) bond motifs is 1. The van der Waals surface area contributed by atoms with E-state index in [0.717, 1.165) is 44.5 Å². The van der Waals surface area contributed by atoms with Gasteiger partial charge < -0.3 is 15.4 Å². The summed E-state index contributed by atoms with van der Waals surface area (Å²) in [6.07, 6.45) is 4.06. The van der Waals surface area contributed by atoms with Gasteiger partial charge in [-0.25, -0.2) is 0 Å². The van der Waals surface area contributed by atoms with Crippen molar-refractivity contribution in [2.45, 2.75) is 18.3 Å². The molecule has 1 aromatic heterocycles. The van der Waals surface area contributed by atoms with E-state index in [4.69, 9.17) is 4.74 Å². The lowest BCUT2D eigenvalue weighted by molar-refractivity contribution is -0.121. The highest BCUT2D eigenvalue weighted by Gasteiger charge is 2.20. The first-order valence-electron chi connectivity index (χ1n) is 11.2. The third-order valence-corrected chi connectivity index (χ3v) is 6.87. The molecule has 34 heavy (non-hydrogen) atoms. The standard InChI is InChI=1S/C28H25N3O2S/c1-33-22-9-5-8-20(14-22)23-11-10-21(25-17-29-13-12-24(23)25)16-30-27(32)15-28-31-26(18-34-28)19-6-3-2-4-7-19/h2-14,17-18,28,31H,15-16H2,1H3,(H,30,32). The van der Waals surface area contributed by atoms with Gasteiger partial charge in [0.05, 0.1) is 18.9 Å². The second kappa shape index (κ2) is 10.0. The van der Waals surface area contributed by atoms with Crippen LogP contribution in [0.25, 0.3) is 27.6 Å². The Labute approximate surface area is 203 Å². The van der Waals surface area contributed by atoms with Crippen molar-refractivity contribution in [2.75, 3.05) is 7.11 Å². The molecule has 0 saturated heterocycles. The molecule has 5 rings (SSSR count). The molecule has 0 bridgehead atoms. The van der Waals surface area contributed by atoms with Gasteiger partial charge in [-0.2, -0.15) is 0 Å². The van der Waals surface area contributed by atoms with Crippen LogP contribution < -0.4 is 15.4 Å². The summed E-state index contributed by atoms with van der Waals surface area (Å²) in [5.74, 6) is 0.834. The average Bonchev–Trinajstić information content (AvgIpc) is 3.36. The number of carbonyl (C=O) groups excluding carboxylic acids is 1. The van der Waals surface area contributed by atoms with Gasteiger partial charge in [-0.1, -0.05) is 54.6 Å². The fourth-order valence-electron chi connectivity index (χ4n) is 4.14. The molecule has 0 spiro atoms. The van der Waals surface area contributed by atoms with Crippen molar-refractivity contribution < 1.29 is 9.53 Å². The van der Waals surface area contributed by atoms with E-state index < -0.39 is 0 Å². The highest BCUT2D eigenvalue weighted by atomic mass is 32.2. The Balaban J connectivity index is 1.26. The molecular weight excluding hydrogens is 442 g/mol. The number of thioether (sulfide) groups is 1. The van der Waals surface area contributed by atoms with E-state index in [1.807, 2.05) is 48.7 Å². The van der Waals surface area contributed by atoms with E-state index in [1.165, 1.54) is 0 Å². The van der Waals surface area contributed by atoms with Crippen LogP contribution in [-0.2, 0) is 11.3 Å². The number of amides is 1. The van der Waals surface area contributed by atoms with Gasteiger partial charge in [0.25, 0.3) is 0 Å². The third-order valence-electron chi connectivity index (χ3n) is 5.89. The Kier molecular flexibility index (Phi) is 6.49. The zero-order valence-electron chi connectivity index (χ0n) is 18.8. The second-order valence-corrected chi connectivity index (χ2v) is 9.15. The molecule has 0 aliphatic carbocycles. The molecule has 3 aromatic carbocycles. The lowest BCUT2D eigenvalue weighted by atomic mass is 9.96. The van der Waals surface area contributed by atoms with Crippen LogP contribution >= 0.6 is 11.8 Å². The molecule has 1 aliphatic rings. The molecule has 1 aliphatic heterocycles.